The molecule has 0 saturated heterocycles. The summed E-state index contributed by atoms with van der Waals surface area (Å²) < 4.78 is 0. The molecule has 106 valence electrons. The maximum Gasteiger partial charge on any atom is 0.313 e. The number of nitrogens with zero attached hydrogens (tertiary/aromatic N) is 4. The van der Waals surface area contributed by atoms with Crippen LogP contribution in [0, 0.1) is 20.2 Å². The summed E-state index contributed by atoms with van der Waals surface area (Å²) in [5.41, 5.74) is 2.32. The van der Waals surface area contributed by atoms with Crippen molar-refractivity contribution in [3.63, 3.8) is 0 Å². The largest absolute Gasteiger partial charge is 0.313 e. The van der Waals surface area contributed by atoms with Crippen LogP contribution in [0.15, 0.2) is 47.7 Å². The third kappa shape index (κ3) is 3.35. The maximum atomic E-state index is 10.8. The lowest BCUT2D eigenvalue weighted by Gasteiger charge is -2.00. The quantitative estimate of drug-likeness (QED) is 0.511. The third-order valence-corrected chi connectivity index (χ3v) is 2.49. The molecule has 0 amide bonds. The lowest BCUT2D eigenvalue weighted by Crippen LogP contribution is -2.00. The van der Waals surface area contributed by atoms with Crippen LogP contribution in [0.1, 0.15) is 5.56 Å². The van der Waals surface area contributed by atoms with Crippen LogP contribution in [0.2, 0.25) is 0 Å². The summed E-state index contributed by atoms with van der Waals surface area (Å²) >= 11 is 0. The third-order valence-electron chi connectivity index (χ3n) is 2.49. The molecule has 0 saturated carbocycles. The van der Waals surface area contributed by atoms with Gasteiger partial charge in [-0.3, -0.25) is 25.7 Å². The summed E-state index contributed by atoms with van der Waals surface area (Å²) in [6.07, 6.45) is 2.58. The average molecular weight is 287 g/mol. The molecule has 0 bridgehead atoms. The standard InChI is InChI=1S/C12H9N5O4/c18-16(19)10-5-2-1-4-9(10)8-14-15-12-11(17(20)21)6-3-7-13-12/h1-8H,(H,13,15)/b14-8-. The monoisotopic (exact) mass is 287 g/mol. The molecular formula is C12H9N5O4. The summed E-state index contributed by atoms with van der Waals surface area (Å²) in [5.74, 6) is -0.0441. The first-order valence-electron chi connectivity index (χ1n) is 5.71. The first-order valence-corrected chi connectivity index (χ1v) is 5.71. The van der Waals surface area contributed by atoms with Gasteiger partial charge in [0.2, 0.25) is 5.82 Å². The van der Waals surface area contributed by atoms with Gasteiger partial charge >= 0.3 is 5.69 Å². The van der Waals surface area contributed by atoms with E-state index in [0.29, 0.717) is 0 Å². The van der Waals surface area contributed by atoms with E-state index in [1.165, 1.54) is 42.7 Å². The molecule has 0 spiro atoms. The summed E-state index contributed by atoms with van der Waals surface area (Å²) in [5, 5.41) is 25.4. The SMILES string of the molecule is O=[N+]([O-])c1ccccc1/C=N\Nc1ncccc1[N+](=O)[O-]. The number of hydrazone groups is 1. The van der Waals surface area contributed by atoms with E-state index in [4.69, 9.17) is 0 Å². The lowest BCUT2D eigenvalue weighted by atomic mass is 10.2. The fourth-order valence-electron chi connectivity index (χ4n) is 1.56. The summed E-state index contributed by atoms with van der Waals surface area (Å²) in [6, 6.07) is 8.70. The molecule has 9 nitrogen and oxygen atoms in total. The number of nitro groups is 2. The van der Waals surface area contributed by atoms with Crippen LogP contribution in [0.4, 0.5) is 17.2 Å². The number of rotatable bonds is 5. The van der Waals surface area contributed by atoms with Gasteiger partial charge in [-0.25, -0.2) is 4.98 Å². The van der Waals surface area contributed by atoms with Crippen molar-refractivity contribution in [2.24, 2.45) is 5.10 Å². The van der Waals surface area contributed by atoms with Crippen molar-refractivity contribution in [2.45, 2.75) is 0 Å². The highest BCUT2D eigenvalue weighted by atomic mass is 16.6. The Labute approximate surface area is 118 Å². The molecule has 0 aliphatic carbocycles. The first-order chi connectivity index (χ1) is 10.1. The van der Waals surface area contributed by atoms with Crippen molar-refractivity contribution in [3.8, 4) is 0 Å². The van der Waals surface area contributed by atoms with Gasteiger partial charge in [-0.15, -0.1) is 0 Å². The molecule has 9 heteroatoms. The molecule has 1 aromatic heterocycles. The molecule has 1 heterocycles. The molecule has 0 unspecified atom stereocenters. The molecule has 0 aliphatic rings. The number of pyridine rings is 1. The van der Waals surface area contributed by atoms with E-state index in [9.17, 15) is 20.2 Å². The number of nitro benzene ring substituents is 1. The minimum absolute atomic E-state index is 0.0441. The van der Waals surface area contributed by atoms with Gasteiger partial charge in [0.15, 0.2) is 0 Å². The van der Waals surface area contributed by atoms with E-state index in [2.05, 4.69) is 15.5 Å². The van der Waals surface area contributed by atoms with Crippen LogP contribution in [-0.2, 0) is 0 Å². The second kappa shape index (κ2) is 6.19. The molecule has 0 aliphatic heterocycles. The molecule has 2 rings (SSSR count). The second-order valence-corrected chi connectivity index (χ2v) is 3.81. The van der Waals surface area contributed by atoms with Crippen LogP contribution in [0.5, 0.6) is 0 Å². The van der Waals surface area contributed by atoms with Crippen LogP contribution in [0.25, 0.3) is 0 Å². The second-order valence-electron chi connectivity index (χ2n) is 3.81. The summed E-state index contributed by atoms with van der Waals surface area (Å²) in [6.45, 7) is 0. The van der Waals surface area contributed by atoms with E-state index in [1.54, 1.807) is 6.07 Å². The molecule has 1 aromatic carbocycles. The predicted molar refractivity (Wildman–Crippen MR) is 75.2 cm³/mol. The maximum absolute atomic E-state index is 10.8. The van der Waals surface area contributed by atoms with E-state index in [1.807, 2.05) is 0 Å². The Morgan fingerprint density at radius 2 is 1.71 bits per heavy atom. The van der Waals surface area contributed by atoms with Crippen LogP contribution in [0.3, 0.4) is 0 Å². The van der Waals surface area contributed by atoms with Gasteiger partial charge in [0, 0.05) is 18.3 Å². The number of aromatic nitrogens is 1. The van der Waals surface area contributed by atoms with Crippen molar-refractivity contribution >= 4 is 23.4 Å². The number of nitrogens with one attached hydrogen (secondary N) is 1. The van der Waals surface area contributed by atoms with Crippen molar-refractivity contribution in [1.82, 2.24) is 4.98 Å². The molecule has 0 atom stereocenters. The van der Waals surface area contributed by atoms with E-state index in [0.717, 1.165) is 0 Å². The van der Waals surface area contributed by atoms with E-state index < -0.39 is 9.85 Å². The number of anilines is 1. The van der Waals surface area contributed by atoms with Gasteiger partial charge in [-0.2, -0.15) is 5.10 Å². The highest BCUT2D eigenvalue weighted by molar-refractivity contribution is 5.85. The number of hydrogen-bond acceptors (Lipinski definition) is 7. The Morgan fingerprint density at radius 1 is 1.05 bits per heavy atom. The molecule has 0 radical (unpaired) electrons. The molecule has 1 N–H and O–H groups in total. The van der Waals surface area contributed by atoms with Crippen molar-refractivity contribution in [1.29, 1.82) is 0 Å². The highest BCUT2D eigenvalue weighted by Gasteiger charge is 2.13. The zero-order valence-corrected chi connectivity index (χ0v) is 10.5. The Balaban J connectivity index is 2.21. The fraction of sp³-hybridized carbons (Fsp3) is 0. The summed E-state index contributed by atoms with van der Waals surface area (Å²) in [4.78, 5) is 24.3. The van der Waals surface area contributed by atoms with Gasteiger partial charge in [0.25, 0.3) is 5.69 Å². The van der Waals surface area contributed by atoms with Gasteiger partial charge in [-0.1, -0.05) is 12.1 Å². The van der Waals surface area contributed by atoms with Crippen LogP contribution >= 0.6 is 0 Å². The number of para-hydroxylation sites is 1. The van der Waals surface area contributed by atoms with Gasteiger partial charge in [0.05, 0.1) is 21.6 Å². The minimum Gasteiger partial charge on any atom is -0.258 e. The van der Waals surface area contributed by atoms with E-state index in [-0.39, 0.29) is 22.8 Å². The molecule has 21 heavy (non-hydrogen) atoms. The van der Waals surface area contributed by atoms with Crippen LogP contribution < -0.4 is 5.43 Å². The van der Waals surface area contributed by atoms with Gasteiger partial charge in [-0.05, 0) is 12.1 Å². The molecule has 2 aromatic rings. The normalized spacial score (nSPS) is 10.5. The van der Waals surface area contributed by atoms with Crippen molar-refractivity contribution < 1.29 is 9.85 Å². The number of benzene rings is 1. The summed E-state index contributed by atoms with van der Waals surface area (Å²) in [7, 11) is 0. The van der Waals surface area contributed by atoms with Gasteiger partial charge < -0.3 is 0 Å². The topological polar surface area (TPSA) is 124 Å². The Bertz CT molecular complexity index is 716. The van der Waals surface area contributed by atoms with Crippen molar-refractivity contribution in [2.75, 3.05) is 5.43 Å². The average Bonchev–Trinajstić information content (AvgIpc) is 2.48. The zero-order valence-electron chi connectivity index (χ0n) is 10.5. The predicted octanol–water partition coefficient (Wildman–Crippen LogP) is 2.34. The number of hydrogen-bond donors (Lipinski definition) is 1. The highest BCUT2D eigenvalue weighted by Crippen LogP contribution is 2.20. The lowest BCUT2D eigenvalue weighted by molar-refractivity contribution is -0.385. The van der Waals surface area contributed by atoms with E-state index >= 15 is 0 Å². The first kappa shape index (κ1) is 14.1. The molecule has 0 fully saturated rings. The van der Waals surface area contributed by atoms with Crippen LogP contribution in [-0.4, -0.2) is 21.0 Å². The minimum atomic E-state index is -0.601. The fourth-order valence-corrected chi connectivity index (χ4v) is 1.56. The molecular weight excluding hydrogens is 278 g/mol. The Morgan fingerprint density at radius 3 is 2.43 bits per heavy atom. The van der Waals surface area contributed by atoms with Gasteiger partial charge in [0.1, 0.15) is 0 Å². The zero-order chi connectivity index (χ0) is 15.2. The van der Waals surface area contributed by atoms with Crippen molar-refractivity contribution in [3.05, 3.63) is 68.4 Å². The Hall–Kier alpha value is -3.36. The Kier molecular flexibility index (Phi) is 4.14. The smallest absolute Gasteiger partial charge is 0.258 e.